The van der Waals surface area contributed by atoms with Crippen molar-refractivity contribution in [2.45, 2.75) is 19.8 Å². The standard InChI is InChI=1S/C15H12FN3O2/c1-9(2)12-7-11(16)8-13(15(12)19(20)21)10-4-5-18-14(6-10)17-3/h4-9H,1-2H3. The fraction of sp³-hybridized carbons (Fsp3) is 0.200. The Morgan fingerprint density at radius 3 is 2.67 bits per heavy atom. The van der Waals surface area contributed by atoms with Gasteiger partial charge in [0.05, 0.1) is 10.5 Å². The second kappa shape index (κ2) is 5.67. The number of hydrogen-bond donors (Lipinski definition) is 0. The Bertz CT molecular complexity index is 751. The van der Waals surface area contributed by atoms with Gasteiger partial charge in [-0.3, -0.25) is 10.1 Å². The van der Waals surface area contributed by atoms with E-state index in [1.54, 1.807) is 13.8 Å². The number of nitro benzene ring substituents is 1. The summed E-state index contributed by atoms with van der Waals surface area (Å²) in [6, 6.07) is 5.25. The topological polar surface area (TPSA) is 60.4 Å². The van der Waals surface area contributed by atoms with Crippen LogP contribution in [-0.4, -0.2) is 9.91 Å². The molecule has 1 heterocycles. The molecule has 1 aromatic carbocycles. The Morgan fingerprint density at radius 1 is 1.38 bits per heavy atom. The van der Waals surface area contributed by atoms with Gasteiger partial charge in [-0.05, 0) is 35.7 Å². The zero-order chi connectivity index (χ0) is 15.6. The molecule has 0 radical (unpaired) electrons. The van der Waals surface area contributed by atoms with Crippen LogP contribution in [0.5, 0.6) is 0 Å². The molecule has 0 aliphatic heterocycles. The third-order valence-electron chi connectivity index (χ3n) is 3.08. The molecule has 2 aromatic rings. The van der Waals surface area contributed by atoms with Crippen LogP contribution in [0.25, 0.3) is 16.0 Å². The number of rotatable bonds is 3. The van der Waals surface area contributed by atoms with Gasteiger partial charge in [-0.2, -0.15) is 0 Å². The van der Waals surface area contributed by atoms with Crippen molar-refractivity contribution >= 4 is 11.5 Å². The lowest BCUT2D eigenvalue weighted by Gasteiger charge is -2.11. The summed E-state index contributed by atoms with van der Waals surface area (Å²) >= 11 is 0. The molecule has 0 saturated heterocycles. The van der Waals surface area contributed by atoms with E-state index in [1.807, 2.05) is 0 Å². The van der Waals surface area contributed by atoms with Gasteiger partial charge in [0.25, 0.3) is 11.5 Å². The summed E-state index contributed by atoms with van der Waals surface area (Å²) in [4.78, 5) is 17.9. The van der Waals surface area contributed by atoms with Crippen molar-refractivity contribution in [2.24, 2.45) is 0 Å². The molecule has 106 valence electrons. The van der Waals surface area contributed by atoms with Gasteiger partial charge in [-0.1, -0.05) is 20.4 Å². The smallest absolute Gasteiger partial charge is 0.280 e. The molecule has 0 fully saturated rings. The van der Waals surface area contributed by atoms with Crippen LogP contribution in [0.3, 0.4) is 0 Å². The van der Waals surface area contributed by atoms with E-state index in [1.165, 1.54) is 24.4 Å². The molecular weight excluding hydrogens is 273 g/mol. The fourth-order valence-electron chi connectivity index (χ4n) is 2.13. The normalized spacial score (nSPS) is 10.4. The van der Waals surface area contributed by atoms with Crippen LogP contribution in [0.4, 0.5) is 15.9 Å². The van der Waals surface area contributed by atoms with E-state index in [-0.39, 0.29) is 23.0 Å². The molecule has 0 aliphatic carbocycles. The van der Waals surface area contributed by atoms with Gasteiger partial charge in [0.15, 0.2) is 0 Å². The Hall–Kier alpha value is -2.81. The Balaban J connectivity index is 2.78. The van der Waals surface area contributed by atoms with Gasteiger partial charge in [-0.25, -0.2) is 4.39 Å². The minimum atomic E-state index is -0.541. The van der Waals surface area contributed by atoms with Crippen LogP contribution in [0.2, 0.25) is 0 Å². The first-order valence-corrected chi connectivity index (χ1v) is 6.25. The van der Waals surface area contributed by atoms with E-state index in [9.17, 15) is 14.5 Å². The Labute approximate surface area is 121 Å². The number of pyridine rings is 1. The summed E-state index contributed by atoms with van der Waals surface area (Å²) in [7, 11) is 0. The van der Waals surface area contributed by atoms with Crippen molar-refractivity contribution in [3.8, 4) is 11.1 Å². The first-order chi connectivity index (χ1) is 9.93. The van der Waals surface area contributed by atoms with Gasteiger partial charge in [-0.15, -0.1) is 4.98 Å². The van der Waals surface area contributed by atoms with E-state index in [4.69, 9.17) is 6.57 Å². The molecule has 0 spiro atoms. The van der Waals surface area contributed by atoms with Crippen molar-refractivity contribution in [1.29, 1.82) is 0 Å². The van der Waals surface area contributed by atoms with Gasteiger partial charge in [0, 0.05) is 5.56 Å². The van der Waals surface area contributed by atoms with Gasteiger partial charge >= 0.3 is 0 Å². The first kappa shape index (κ1) is 14.6. The SMILES string of the molecule is [C-]#[N+]c1cc(-c2cc(F)cc(C(C)C)c2[N+](=O)[O-])ccn1. The summed E-state index contributed by atoms with van der Waals surface area (Å²) in [5.41, 5.74) is 0.768. The molecule has 2 rings (SSSR count). The molecular formula is C15H12FN3O2. The van der Waals surface area contributed by atoms with Crippen molar-refractivity contribution in [2.75, 3.05) is 0 Å². The summed E-state index contributed by atoms with van der Waals surface area (Å²) in [5.74, 6) is -0.625. The number of halogens is 1. The fourth-order valence-corrected chi connectivity index (χ4v) is 2.13. The second-order valence-corrected chi connectivity index (χ2v) is 4.82. The molecule has 1 aromatic heterocycles. The predicted molar refractivity (Wildman–Crippen MR) is 76.6 cm³/mol. The summed E-state index contributed by atoms with van der Waals surface area (Å²) in [6.45, 7) is 10.5. The van der Waals surface area contributed by atoms with Crippen LogP contribution in [0.1, 0.15) is 25.3 Å². The van der Waals surface area contributed by atoms with Crippen molar-refractivity contribution in [3.63, 3.8) is 0 Å². The molecule has 5 nitrogen and oxygen atoms in total. The van der Waals surface area contributed by atoms with Crippen LogP contribution < -0.4 is 0 Å². The lowest BCUT2D eigenvalue weighted by atomic mass is 9.94. The molecule has 6 heteroatoms. The monoisotopic (exact) mass is 285 g/mol. The second-order valence-electron chi connectivity index (χ2n) is 4.82. The molecule has 0 amide bonds. The van der Waals surface area contributed by atoms with E-state index in [2.05, 4.69) is 9.83 Å². The lowest BCUT2D eigenvalue weighted by Crippen LogP contribution is -2.01. The molecule has 0 atom stereocenters. The zero-order valence-electron chi connectivity index (χ0n) is 11.5. The first-order valence-electron chi connectivity index (χ1n) is 6.25. The zero-order valence-corrected chi connectivity index (χ0v) is 11.5. The minimum absolute atomic E-state index is 0.108. The Morgan fingerprint density at radius 2 is 2.10 bits per heavy atom. The number of nitro groups is 1. The molecule has 0 aliphatic rings. The maximum Gasteiger partial charge on any atom is 0.280 e. The van der Waals surface area contributed by atoms with Crippen LogP contribution in [0.15, 0.2) is 30.5 Å². The minimum Gasteiger partial charge on any atom is -0.361 e. The molecule has 0 N–H and O–H groups in total. The molecule has 0 unspecified atom stereocenters. The summed E-state index contributed by atoms with van der Waals surface area (Å²) in [6.07, 6.45) is 1.38. The molecule has 0 saturated carbocycles. The van der Waals surface area contributed by atoms with Crippen molar-refractivity contribution < 1.29 is 9.31 Å². The van der Waals surface area contributed by atoms with Gasteiger partial charge in [0.2, 0.25) is 0 Å². The van der Waals surface area contributed by atoms with E-state index < -0.39 is 10.7 Å². The molecule has 21 heavy (non-hydrogen) atoms. The average Bonchev–Trinajstić information content (AvgIpc) is 2.45. The number of nitrogens with zero attached hydrogens (tertiary/aromatic N) is 3. The highest BCUT2D eigenvalue weighted by Gasteiger charge is 2.24. The summed E-state index contributed by atoms with van der Waals surface area (Å²) in [5, 5.41) is 11.4. The van der Waals surface area contributed by atoms with Crippen LogP contribution in [0, 0.1) is 22.5 Å². The Kier molecular flexibility index (Phi) is 3.94. The van der Waals surface area contributed by atoms with Crippen LogP contribution >= 0.6 is 0 Å². The largest absolute Gasteiger partial charge is 0.361 e. The van der Waals surface area contributed by atoms with Crippen molar-refractivity contribution in [1.82, 2.24) is 4.98 Å². The third kappa shape index (κ3) is 2.87. The highest BCUT2D eigenvalue weighted by Crippen LogP contribution is 2.38. The van der Waals surface area contributed by atoms with E-state index in [0.717, 1.165) is 6.07 Å². The molecule has 0 bridgehead atoms. The van der Waals surface area contributed by atoms with Gasteiger partial charge < -0.3 is 4.85 Å². The maximum absolute atomic E-state index is 13.8. The van der Waals surface area contributed by atoms with E-state index in [0.29, 0.717) is 11.1 Å². The average molecular weight is 285 g/mol. The third-order valence-corrected chi connectivity index (χ3v) is 3.08. The lowest BCUT2D eigenvalue weighted by molar-refractivity contribution is -0.385. The summed E-state index contributed by atoms with van der Waals surface area (Å²) < 4.78 is 13.8. The number of hydrogen-bond acceptors (Lipinski definition) is 3. The van der Waals surface area contributed by atoms with Crippen LogP contribution in [-0.2, 0) is 0 Å². The maximum atomic E-state index is 13.8. The van der Waals surface area contributed by atoms with Crippen molar-refractivity contribution in [3.05, 3.63) is 63.4 Å². The number of aromatic nitrogens is 1. The highest BCUT2D eigenvalue weighted by molar-refractivity contribution is 5.77. The highest BCUT2D eigenvalue weighted by atomic mass is 19.1. The van der Waals surface area contributed by atoms with Gasteiger partial charge in [0.1, 0.15) is 12.0 Å². The van der Waals surface area contributed by atoms with E-state index >= 15 is 0 Å². The number of benzene rings is 1. The predicted octanol–water partition coefficient (Wildman–Crippen LogP) is 4.47. The quantitative estimate of drug-likeness (QED) is 0.475.